The molecule has 0 bridgehead atoms. The summed E-state index contributed by atoms with van der Waals surface area (Å²) in [7, 11) is 0.315. The third-order valence-corrected chi connectivity index (χ3v) is 9.24. The SMILES string of the molecule is CC(C(C)(C)C(C)(C)C(O[SiH3])O[SiH3])[Si](C)(C)C. The van der Waals surface area contributed by atoms with Gasteiger partial charge < -0.3 is 8.85 Å². The fraction of sp³-hybridized carbons (Fsp3) is 1.00. The Morgan fingerprint density at radius 2 is 1.24 bits per heavy atom. The second kappa shape index (κ2) is 5.69. The Bertz CT molecular complexity index is 243. The first-order valence-corrected chi connectivity index (χ1v) is 11.7. The molecular weight excluding hydrogens is 260 g/mol. The molecule has 0 heterocycles. The van der Waals surface area contributed by atoms with Gasteiger partial charge in [0.1, 0.15) is 27.3 Å². The van der Waals surface area contributed by atoms with Crippen LogP contribution in [0.25, 0.3) is 0 Å². The largest absolute Gasteiger partial charge is 0.404 e. The Balaban J connectivity index is 5.28. The number of hydrogen-bond donors (Lipinski definition) is 0. The third-order valence-electron chi connectivity index (χ3n) is 5.06. The average Bonchev–Trinajstić information content (AvgIpc) is 2.16. The van der Waals surface area contributed by atoms with Crippen LogP contribution in [-0.2, 0) is 8.85 Å². The minimum atomic E-state index is -1.17. The molecule has 0 aliphatic carbocycles. The van der Waals surface area contributed by atoms with Crippen LogP contribution < -0.4 is 0 Å². The first-order valence-electron chi connectivity index (χ1n) is 6.48. The highest BCUT2D eigenvalue weighted by Gasteiger charge is 2.49. The highest BCUT2D eigenvalue weighted by Crippen LogP contribution is 2.53. The van der Waals surface area contributed by atoms with Crippen molar-refractivity contribution in [2.45, 2.75) is 66.1 Å². The van der Waals surface area contributed by atoms with Crippen molar-refractivity contribution in [2.24, 2.45) is 10.8 Å². The summed E-state index contributed by atoms with van der Waals surface area (Å²) < 4.78 is 11.4. The topological polar surface area (TPSA) is 18.5 Å². The molecule has 0 N–H and O–H groups in total. The van der Waals surface area contributed by atoms with Crippen molar-refractivity contribution >= 4 is 29.0 Å². The Kier molecular flexibility index (Phi) is 5.88. The van der Waals surface area contributed by atoms with Gasteiger partial charge in [0.25, 0.3) is 0 Å². The molecule has 0 aromatic heterocycles. The van der Waals surface area contributed by atoms with E-state index in [0.29, 0.717) is 0 Å². The van der Waals surface area contributed by atoms with E-state index in [2.05, 4.69) is 54.3 Å². The molecule has 0 aromatic carbocycles. The van der Waals surface area contributed by atoms with E-state index in [9.17, 15) is 0 Å². The standard InChI is InChI=1S/C12H32O2Si3/c1-9(17(6,7)8)11(2,3)12(4,5)10(13-15)14-16/h9-10H,1-8,15-16H3. The normalized spacial score (nSPS) is 18.4. The summed E-state index contributed by atoms with van der Waals surface area (Å²) in [6.45, 7) is 19.1. The summed E-state index contributed by atoms with van der Waals surface area (Å²) >= 11 is 0. The molecule has 0 amide bonds. The molecule has 104 valence electrons. The van der Waals surface area contributed by atoms with Crippen molar-refractivity contribution in [3.8, 4) is 0 Å². The van der Waals surface area contributed by atoms with Crippen molar-refractivity contribution in [1.82, 2.24) is 0 Å². The van der Waals surface area contributed by atoms with Crippen molar-refractivity contribution in [3.05, 3.63) is 0 Å². The van der Waals surface area contributed by atoms with Gasteiger partial charge in [-0.1, -0.05) is 54.3 Å². The lowest BCUT2D eigenvalue weighted by Crippen LogP contribution is -2.51. The summed E-state index contributed by atoms with van der Waals surface area (Å²) in [5.41, 5.74) is 0.994. The fourth-order valence-electron chi connectivity index (χ4n) is 2.63. The first kappa shape index (κ1) is 17.6. The molecule has 0 aromatic rings. The van der Waals surface area contributed by atoms with Crippen LogP contribution in [-0.4, -0.2) is 35.3 Å². The van der Waals surface area contributed by atoms with E-state index in [0.717, 1.165) is 26.5 Å². The molecule has 0 fully saturated rings. The zero-order valence-corrected chi connectivity index (χ0v) is 18.5. The van der Waals surface area contributed by atoms with E-state index in [1.807, 2.05) is 0 Å². The lowest BCUT2D eigenvalue weighted by molar-refractivity contribution is -0.127. The Hall–Kier alpha value is 0.571. The summed E-state index contributed by atoms with van der Waals surface area (Å²) in [6.07, 6.45) is -0.0327. The van der Waals surface area contributed by atoms with Crippen LogP contribution in [0.2, 0.25) is 25.2 Å². The highest BCUT2D eigenvalue weighted by atomic mass is 28.3. The Morgan fingerprint density at radius 3 is 1.47 bits per heavy atom. The summed E-state index contributed by atoms with van der Waals surface area (Å²) in [5, 5.41) is 0. The predicted molar refractivity (Wildman–Crippen MR) is 86.2 cm³/mol. The molecule has 1 atom stereocenters. The highest BCUT2D eigenvalue weighted by molar-refractivity contribution is 6.77. The van der Waals surface area contributed by atoms with Gasteiger partial charge in [0.2, 0.25) is 0 Å². The van der Waals surface area contributed by atoms with Crippen LogP contribution in [0.1, 0.15) is 34.6 Å². The van der Waals surface area contributed by atoms with E-state index in [4.69, 9.17) is 8.85 Å². The van der Waals surface area contributed by atoms with E-state index in [1.165, 1.54) is 0 Å². The van der Waals surface area contributed by atoms with Gasteiger partial charge in [-0.25, -0.2) is 0 Å². The quantitative estimate of drug-likeness (QED) is 0.548. The van der Waals surface area contributed by atoms with Gasteiger partial charge in [-0.15, -0.1) is 0 Å². The van der Waals surface area contributed by atoms with Crippen LogP contribution in [0.3, 0.4) is 0 Å². The van der Waals surface area contributed by atoms with Gasteiger partial charge in [0.15, 0.2) is 0 Å². The lowest BCUT2D eigenvalue weighted by Gasteiger charge is -2.52. The van der Waals surface area contributed by atoms with Gasteiger partial charge in [-0.2, -0.15) is 0 Å². The van der Waals surface area contributed by atoms with E-state index in [1.54, 1.807) is 0 Å². The average molecular weight is 293 g/mol. The van der Waals surface area contributed by atoms with Crippen molar-refractivity contribution in [1.29, 1.82) is 0 Å². The Morgan fingerprint density at radius 1 is 0.882 bits per heavy atom. The maximum Gasteiger partial charge on any atom is 0.149 e. The van der Waals surface area contributed by atoms with Gasteiger partial charge in [-0.3, -0.25) is 0 Å². The van der Waals surface area contributed by atoms with Crippen LogP contribution in [0.15, 0.2) is 0 Å². The molecule has 0 aliphatic heterocycles. The minimum absolute atomic E-state index is 0.0327. The van der Waals surface area contributed by atoms with Gasteiger partial charge in [0.05, 0.1) is 0 Å². The maximum atomic E-state index is 5.68. The molecule has 0 saturated carbocycles. The summed E-state index contributed by atoms with van der Waals surface area (Å²) in [6, 6.07) is 0. The zero-order chi connectivity index (χ0) is 14.1. The van der Waals surface area contributed by atoms with Crippen molar-refractivity contribution < 1.29 is 8.85 Å². The van der Waals surface area contributed by atoms with Crippen LogP contribution in [0.4, 0.5) is 0 Å². The van der Waals surface area contributed by atoms with Crippen LogP contribution in [0.5, 0.6) is 0 Å². The summed E-state index contributed by atoms with van der Waals surface area (Å²) in [5.74, 6) is 0. The van der Waals surface area contributed by atoms with Crippen molar-refractivity contribution in [3.63, 3.8) is 0 Å². The monoisotopic (exact) mass is 292 g/mol. The molecular formula is C12H32O2Si3. The zero-order valence-electron chi connectivity index (χ0n) is 13.5. The maximum absolute atomic E-state index is 5.68. The molecule has 0 saturated heterocycles. The van der Waals surface area contributed by atoms with E-state index in [-0.39, 0.29) is 17.1 Å². The lowest BCUT2D eigenvalue weighted by atomic mass is 9.65. The molecule has 2 nitrogen and oxygen atoms in total. The molecule has 5 heteroatoms. The molecule has 0 rings (SSSR count). The number of rotatable bonds is 6. The molecule has 17 heavy (non-hydrogen) atoms. The van der Waals surface area contributed by atoms with Gasteiger partial charge >= 0.3 is 0 Å². The van der Waals surface area contributed by atoms with Crippen LogP contribution in [0, 0.1) is 10.8 Å². The third kappa shape index (κ3) is 3.53. The molecule has 1 unspecified atom stereocenters. The predicted octanol–water partition coefficient (Wildman–Crippen LogP) is 1.69. The smallest absolute Gasteiger partial charge is 0.149 e. The second-order valence-electron chi connectivity index (χ2n) is 7.33. The minimum Gasteiger partial charge on any atom is -0.404 e. The van der Waals surface area contributed by atoms with Crippen LogP contribution >= 0.6 is 0 Å². The Labute approximate surface area is 115 Å². The van der Waals surface area contributed by atoms with Gasteiger partial charge in [0, 0.05) is 13.5 Å². The van der Waals surface area contributed by atoms with E-state index >= 15 is 0 Å². The van der Waals surface area contributed by atoms with Gasteiger partial charge in [-0.05, 0) is 11.0 Å². The van der Waals surface area contributed by atoms with Crippen molar-refractivity contribution in [2.75, 3.05) is 0 Å². The fourth-order valence-corrected chi connectivity index (χ4v) is 7.12. The second-order valence-corrected chi connectivity index (χ2v) is 13.9. The van der Waals surface area contributed by atoms with E-state index < -0.39 is 8.07 Å². The number of hydrogen-bond acceptors (Lipinski definition) is 2. The summed E-state index contributed by atoms with van der Waals surface area (Å²) in [4.78, 5) is 0. The molecule has 0 aliphatic rings. The molecule has 0 radical (unpaired) electrons. The first-order chi connectivity index (χ1) is 7.42. The molecule has 0 spiro atoms.